The Morgan fingerprint density at radius 3 is 2.93 bits per heavy atom. The molecule has 0 saturated carbocycles. The Morgan fingerprint density at radius 2 is 2.25 bits per heavy atom. The molecule has 0 radical (unpaired) electrons. The molecule has 1 aliphatic rings. The van der Waals surface area contributed by atoms with E-state index in [1.165, 1.54) is 22.5 Å². The van der Waals surface area contributed by atoms with Crippen LogP contribution in [0.25, 0.3) is 0 Å². The Labute approximate surface area is 168 Å². The highest BCUT2D eigenvalue weighted by Crippen LogP contribution is 2.24. The minimum Gasteiger partial charge on any atom is -0.360 e. The van der Waals surface area contributed by atoms with Crippen LogP contribution in [-0.4, -0.2) is 53.4 Å². The van der Waals surface area contributed by atoms with Gasteiger partial charge < -0.3 is 5.32 Å². The molecule has 0 bridgehead atoms. The van der Waals surface area contributed by atoms with E-state index in [1.54, 1.807) is 6.08 Å². The normalized spacial score (nSPS) is 14.9. The zero-order chi connectivity index (χ0) is 20.3. The van der Waals surface area contributed by atoms with E-state index in [9.17, 15) is 18.0 Å². The van der Waals surface area contributed by atoms with Crippen molar-refractivity contribution in [2.24, 2.45) is 4.99 Å². The lowest BCUT2D eigenvalue weighted by molar-refractivity contribution is 0.234. The Hall–Kier alpha value is -2.51. The summed E-state index contributed by atoms with van der Waals surface area (Å²) >= 11 is 3.06. The number of nitrogens with one attached hydrogen (secondary N) is 2. The van der Waals surface area contributed by atoms with Gasteiger partial charge in [-0.1, -0.05) is 6.08 Å². The third-order valence-corrected chi connectivity index (χ3v) is 5.66. The van der Waals surface area contributed by atoms with Crippen molar-refractivity contribution >= 4 is 43.3 Å². The first-order valence-electron chi connectivity index (χ1n) is 7.97. The molecule has 0 spiro atoms. The molecule has 3 N–H and O–H groups in total. The molecule has 3 rings (SSSR count). The Morgan fingerprint density at radius 1 is 1.46 bits per heavy atom. The second-order valence-corrected chi connectivity index (χ2v) is 8.57. The number of hydrogen-bond acceptors (Lipinski definition) is 8. The van der Waals surface area contributed by atoms with Crippen molar-refractivity contribution < 1.29 is 22.6 Å². The molecule has 150 valence electrons. The SMILES string of the molecule is CS(=O)(=O)N1CCC=C1CNc1nonc1C(=Nc1ccc(F)c(Br)c1)NO. The van der Waals surface area contributed by atoms with Gasteiger partial charge in [-0.05, 0) is 50.9 Å². The summed E-state index contributed by atoms with van der Waals surface area (Å²) in [7, 11) is -3.37. The van der Waals surface area contributed by atoms with E-state index in [2.05, 4.69) is 36.6 Å². The van der Waals surface area contributed by atoms with Gasteiger partial charge in [0.1, 0.15) is 5.82 Å². The molecular weight excluding hydrogens is 459 g/mol. The molecule has 1 aliphatic heterocycles. The molecule has 0 fully saturated rings. The van der Waals surface area contributed by atoms with Crippen LogP contribution in [0.15, 0.2) is 44.1 Å². The van der Waals surface area contributed by atoms with Crippen molar-refractivity contribution in [3.63, 3.8) is 0 Å². The number of nitrogens with zero attached hydrogens (tertiary/aromatic N) is 4. The molecule has 28 heavy (non-hydrogen) atoms. The lowest BCUT2D eigenvalue weighted by Crippen LogP contribution is -2.30. The van der Waals surface area contributed by atoms with Crippen LogP contribution in [0.2, 0.25) is 0 Å². The zero-order valence-corrected chi connectivity index (χ0v) is 17.0. The summed E-state index contributed by atoms with van der Waals surface area (Å²) in [5.74, 6) is -0.409. The summed E-state index contributed by atoms with van der Waals surface area (Å²) in [5, 5.41) is 19.8. The Bertz CT molecular complexity index is 1040. The third-order valence-electron chi connectivity index (χ3n) is 3.83. The summed E-state index contributed by atoms with van der Waals surface area (Å²) in [6.07, 6.45) is 3.55. The maximum Gasteiger partial charge on any atom is 0.232 e. The number of hydroxylamine groups is 1. The predicted molar refractivity (Wildman–Crippen MR) is 102 cm³/mol. The fourth-order valence-electron chi connectivity index (χ4n) is 2.58. The average Bonchev–Trinajstić information content (AvgIpc) is 3.29. The molecule has 2 aromatic rings. The third kappa shape index (κ3) is 4.48. The van der Waals surface area contributed by atoms with Crippen LogP contribution in [0.3, 0.4) is 0 Å². The van der Waals surface area contributed by atoms with Crippen molar-refractivity contribution in [2.75, 3.05) is 24.7 Å². The largest absolute Gasteiger partial charge is 0.360 e. The van der Waals surface area contributed by atoms with Crippen LogP contribution in [0.5, 0.6) is 0 Å². The number of hydrogen-bond donors (Lipinski definition) is 3. The minimum atomic E-state index is -3.37. The van der Waals surface area contributed by atoms with Gasteiger partial charge in [-0.15, -0.1) is 0 Å². The molecule has 13 heteroatoms. The first-order valence-corrected chi connectivity index (χ1v) is 10.6. The number of halogens is 2. The quantitative estimate of drug-likeness (QED) is 0.328. The number of rotatable bonds is 6. The lowest BCUT2D eigenvalue weighted by atomic mass is 10.3. The molecule has 0 amide bonds. The van der Waals surface area contributed by atoms with Gasteiger partial charge in [0.05, 0.1) is 23.0 Å². The summed E-state index contributed by atoms with van der Waals surface area (Å²) in [5.41, 5.74) is 2.87. The van der Waals surface area contributed by atoms with Crippen molar-refractivity contribution in [2.45, 2.75) is 6.42 Å². The van der Waals surface area contributed by atoms with Gasteiger partial charge in [0.15, 0.2) is 11.5 Å². The number of sulfonamides is 1. The van der Waals surface area contributed by atoms with Gasteiger partial charge in [0.2, 0.25) is 15.8 Å². The van der Waals surface area contributed by atoms with Gasteiger partial charge in [0, 0.05) is 12.2 Å². The average molecular weight is 475 g/mol. The van der Waals surface area contributed by atoms with Gasteiger partial charge in [-0.2, -0.15) is 0 Å². The highest BCUT2D eigenvalue weighted by Gasteiger charge is 2.24. The van der Waals surface area contributed by atoms with E-state index < -0.39 is 15.8 Å². The van der Waals surface area contributed by atoms with Crippen LogP contribution >= 0.6 is 15.9 Å². The Kier molecular flexibility index (Phi) is 5.96. The van der Waals surface area contributed by atoms with Crippen molar-refractivity contribution in [1.29, 1.82) is 0 Å². The molecule has 0 saturated heterocycles. The number of aromatic nitrogens is 2. The van der Waals surface area contributed by atoms with Gasteiger partial charge in [0.25, 0.3) is 0 Å². The van der Waals surface area contributed by atoms with Crippen molar-refractivity contribution in [3.8, 4) is 0 Å². The molecule has 1 aromatic carbocycles. The highest BCUT2D eigenvalue weighted by atomic mass is 79.9. The molecule has 0 unspecified atom stereocenters. The van der Waals surface area contributed by atoms with Gasteiger partial charge in [-0.3, -0.25) is 15.0 Å². The van der Waals surface area contributed by atoms with Gasteiger partial charge in [-0.25, -0.2) is 22.4 Å². The zero-order valence-electron chi connectivity index (χ0n) is 14.6. The molecule has 2 heterocycles. The Balaban J connectivity index is 1.80. The topological polar surface area (TPSA) is 133 Å². The van der Waals surface area contributed by atoms with Gasteiger partial charge >= 0.3 is 0 Å². The summed E-state index contributed by atoms with van der Waals surface area (Å²) < 4.78 is 43.2. The second kappa shape index (κ2) is 8.24. The maximum absolute atomic E-state index is 13.4. The smallest absolute Gasteiger partial charge is 0.232 e. The number of amidine groups is 1. The fraction of sp³-hybridized carbons (Fsp3) is 0.267. The second-order valence-electron chi connectivity index (χ2n) is 5.80. The van der Waals surface area contributed by atoms with Crippen LogP contribution in [0, 0.1) is 5.82 Å². The standard InChI is InChI=1S/C15H16BrFN6O4S/c1-28(25,26)23-6-2-3-10(23)8-18-14-13(21-27-22-14)15(20-24)19-9-4-5-12(17)11(16)7-9/h3-5,7,24H,2,6,8H2,1H3,(H,18,22)(H,19,20). The molecule has 0 atom stereocenters. The van der Waals surface area contributed by atoms with Crippen molar-refractivity contribution in [3.05, 3.63) is 46.0 Å². The van der Waals surface area contributed by atoms with Crippen LogP contribution < -0.4 is 10.8 Å². The molecular formula is C15H16BrFN6O4S. The van der Waals surface area contributed by atoms with Crippen molar-refractivity contribution in [1.82, 2.24) is 20.1 Å². The first-order chi connectivity index (χ1) is 13.3. The fourth-order valence-corrected chi connectivity index (χ4v) is 3.95. The number of anilines is 1. The minimum absolute atomic E-state index is 0.0625. The molecule has 0 aliphatic carbocycles. The van der Waals surface area contributed by atoms with Crippen LogP contribution in [-0.2, 0) is 10.0 Å². The van der Waals surface area contributed by atoms with E-state index in [1.807, 2.05) is 5.48 Å². The number of benzene rings is 1. The maximum atomic E-state index is 13.4. The van der Waals surface area contributed by atoms with E-state index in [0.717, 1.165) is 6.26 Å². The summed E-state index contributed by atoms with van der Waals surface area (Å²) in [4.78, 5) is 4.15. The van der Waals surface area contributed by atoms with E-state index in [-0.39, 0.29) is 28.4 Å². The summed E-state index contributed by atoms with van der Waals surface area (Å²) in [6, 6.07) is 4.04. The molecule has 1 aromatic heterocycles. The lowest BCUT2D eigenvalue weighted by Gasteiger charge is -2.19. The van der Waals surface area contributed by atoms with E-state index >= 15 is 0 Å². The highest BCUT2D eigenvalue weighted by molar-refractivity contribution is 9.10. The number of aliphatic imine (C=N–C) groups is 1. The van der Waals surface area contributed by atoms with Crippen LogP contribution in [0.1, 0.15) is 12.1 Å². The molecule has 10 nitrogen and oxygen atoms in total. The van der Waals surface area contributed by atoms with Crippen LogP contribution in [0.4, 0.5) is 15.9 Å². The van der Waals surface area contributed by atoms with E-state index in [4.69, 9.17) is 4.63 Å². The first kappa shape index (κ1) is 20.2. The summed E-state index contributed by atoms with van der Waals surface area (Å²) in [6.45, 7) is 0.527. The predicted octanol–water partition coefficient (Wildman–Crippen LogP) is 1.99. The monoisotopic (exact) mass is 474 g/mol. The van der Waals surface area contributed by atoms with E-state index in [0.29, 0.717) is 24.4 Å².